The third-order valence-electron chi connectivity index (χ3n) is 5.70. The monoisotopic (exact) mass is 471 g/mol. The van der Waals surface area contributed by atoms with E-state index in [1.165, 1.54) is 6.07 Å². The Morgan fingerprint density at radius 1 is 1.06 bits per heavy atom. The molecule has 1 N–H and O–H groups in total. The second-order valence-electron chi connectivity index (χ2n) is 8.70. The number of aromatic amines is 1. The Morgan fingerprint density at radius 3 is 2.46 bits per heavy atom. The Hall–Kier alpha value is -4.07. The lowest BCUT2D eigenvalue weighted by atomic mass is 9.98. The lowest BCUT2D eigenvalue weighted by molar-refractivity contribution is 0.0377. The SMILES string of the molecule is CCCCc1cc(C(=O)OC(C)C)cc(=O)n1Cc1ccc(-c2ccccc2-c2nn[nH]n2)cc1. The second kappa shape index (κ2) is 10.9. The van der Waals surface area contributed by atoms with Crippen molar-refractivity contribution in [1.82, 2.24) is 25.2 Å². The minimum Gasteiger partial charge on any atom is -0.459 e. The number of ether oxygens (including phenoxy) is 1. The van der Waals surface area contributed by atoms with E-state index in [4.69, 9.17) is 4.74 Å². The fourth-order valence-corrected chi connectivity index (χ4v) is 3.97. The van der Waals surface area contributed by atoms with Gasteiger partial charge in [0, 0.05) is 17.3 Å². The van der Waals surface area contributed by atoms with Crippen LogP contribution < -0.4 is 5.56 Å². The molecule has 0 saturated carbocycles. The molecule has 0 aliphatic rings. The summed E-state index contributed by atoms with van der Waals surface area (Å²) in [6.45, 7) is 6.11. The molecule has 0 atom stereocenters. The molecule has 0 bridgehead atoms. The highest BCUT2D eigenvalue weighted by atomic mass is 16.5. The van der Waals surface area contributed by atoms with Gasteiger partial charge in [-0.25, -0.2) is 4.79 Å². The van der Waals surface area contributed by atoms with Crippen LogP contribution in [-0.4, -0.2) is 37.3 Å². The molecular weight excluding hydrogens is 442 g/mol. The number of aryl methyl sites for hydroxylation is 1. The molecule has 2 aromatic carbocycles. The number of aromatic nitrogens is 5. The van der Waals surface area contributed by atoms with E-state index in [-0.39, 0.29) is 11.7 Å². The first-order valence-corrected chi connectivity index (χ1v) is 11.8. The Bertz CT molecular complexity index is 1340. The van der Waals surface area contributed by atoms with Crippen molar-refractivity contribution in [3.05, 3.63) is 87.8 Å². The van der Waals surface area contributed by atoms with Gasteiger partial charge >= 0.3 is 5.97 Å². The van der Waals surface area contributed by atoms with Crippen LogP contribution in [0.2, 0.25) is 0 Å². The summed E-state index contributed by atoms with van der Waals surface area (Å²) in [4.78, 5) is 25.4. The summed E-state index contributed by atoms with van der Waals surface area (Å²) in [5, 5.41) is 14.4. The van der Waals surface area contributed by atoms with Gasteiger partial charge in [0.15, 0.2) is 0 Å². The fourth-order valence-electron chi connectivity index (χ4n) is 3.97. The maximum absolute atomic E-state index is 13.0. The number of hydrogen-bond donors (Lipinski definition) is 1. The fraction of sp³-hybridized carbons (Fsp3) is 0.296. The average molecular weight is 472 g/mol. The van der Waals surface area contributed by atoms with Gasteiger partial charge in [-0.15, -0.1) is 10.2 Å². The number of rotatable bonds is 9. The van der Waals surface area contributed by atoms with Crippen LogP contribution in [0.25, 0.3) is 22.5 Å². The molecule has 0 aliphatic heterocycles. The number of esters is 1. The quantitative estimate of drug-likeness (QED) is 0.357. The third kappa shape index (κ3) is 5.71. The zero-order valence-corrected chi connectivity index (χ0v) is 20.2. The molecule has 0 radical (unpaired) electrons. The average Bonchev–Trinajstić information content (AvgIpc) is 3.39. The van der Waals surface area contributed by atoms with Crippen molar-refractivity contribution in [2.45, 2.75) is 52.7 Å². The molecule has 0 spiro atoms. The van der Waals surface area contributed by atoms with Crippen LogP contribution in [0.1, 0.15) is 55.2 Å². The molecule has 4 aromatic rings. The van der Waals surface area contributed by atoms with Crippen LogP contribution in [0, 0.1) is 0 Å². The van der Waals surface area contributed by atoms with Crippen molar-refractivity contribution in [2.75, 3.05) is 0 Å². The Balaban J connectivity index is 1.62. The molecule has 0 amide bonds. The van der Waals surface area contributed by atoms with E-state index < -0.39 is 5.97 Å². The Labute approximate surface area is 204 Å². The van der Waals surface area contributed by atoms with E-state index in [1.807, 2.05) is 48.5 Å². The molecule has 8 nitrogen and oxygen atoms in total. The van der Waals surface area contributed by atoms with Gasteiger partial charge in [0.2, 0.25) is 5.82 Å². The van der Waals surface area contributed by atoms with Gasteiger partial charge in [-0.1, -0.05) is 61.9 Å². The minimum absolute atomic E-state index is 0.208. The lowest BCUT2D eigenvalue weighted by Gasteiger charge is -2.16. The summed E-state index contributed by atoms with van der Waals surface area (Å²) in [5.74, 6) is 0.0690. The number of pyridine rings is 1. The summed E-state index contributed by atoms with van der Waals surface area (Å²) >= 11 is 0. The number of benzene rings is 2. The van der Waals surface area contributed by atoms with Crippen LogP contribution in [0.3, 0.4) is 0 Å². The first-order valence-electron chi connectivity index (χ1n) is 11.8. The number of nitrogens with one attached hydrogen (secondary N) is 1. The molecular formula is C27H29N5O3. The van der Waals surface area contributed by atoms with Gasteiger partial charge in [-0.3, -0.25) is 4.79 Å². The maximum Gasteiger partial charge on any atom is 0.338 e. The zero-order valence-electron chi connectivity index (χ0n) is 20.2. The number of H-pyrrole nitrogens is 1. The van der Waals surface area contributed by atoms with Crippen molar-refractivity contribution >= 4 is 5.97 Å². The van der Waals surface area contributed by atoms with E-state index in [0.717, 1.165) is 40.8 Å². The summed E-state index contributed by atoms with van der Waals surface area (Å²) in [6.07, 6.45) is 2.38. The van der Waals surface area contributed by atoms with Gasteiger partial charge < -0.3 is 9.30 Å². The number of tetrazole rings is 1. The number of carbonyl (C=O) groups is 1. The third-order valence-corrected chi connectivity index (χ3v) is 5.70. The van der Waals surface area contributed by atoms with Gasteiger partial charge in [0.05, 0.1) is 18.2 Å². The summed E-state index contributed by atoms with van der Waals surface area (Å²) in [6, 6.07) is 19.1. The Kier molecular flexibility index (Phi) is 7.50. The van der Waals surface area contributed by atoms with E-state index in [9.17, 15) is 9.59 Å². The van der Waals surface area contributed by atoms with Crippen LogP contribution >= 0.6 is 0 Å². The van der Waals surface area contributed by atoms with E-state index >= 15 is 0 Å². The normalized spacial score (nSPS) is 11.1. The molecule has 0 saturated heterocycles. The zero-order chi connectivity index (χ0) is 24.8. The summed E-state index contributed by atoms with van der Waals surface area (Å²) in [7, 11) is 0. The van der Waals surface area contributed by atoms with Crippen LogP contribution in [-0.2, 0) is 17.7 Å². The van der Waals surface area contributed by atoms with Gasteiger partial charge in [0.1, 0.15) is 0 Å². The number of carbonyl (C=O) groups excluding carboxylic acids is 1. The number of nitrogens with zero attached hydrogens (tertiary/aromatic N) is 4. The van der Waals surface area contributed by atoms with E-state index in [0.29, 0.717) is 24.4 Å². The lowest BCUT2D eigenvalue weighted by Crippen LogP contribution is -2.26. The van der Waals surface area contributed by atoms with Crippen molar-refractivity contribution in [3.63, 3.8) is 0 Å². The van der Waals surface area contributed by atoms with Gasteiger partial charge in [0.25, 0.3) is 5.56 Å². The summed E-state index contributed by atoms with van der Waals surface area (Å²) in [5.41, 5.74) is 4.81. The highest BCUT2D eigenvalue weighted by Gasteiger charge is 2.15. The smallest absolute Gasteiger partial charge is 0.338 e. The molecule has 0 fully saturated rings. The highest BCUT2D eigenvalue weighted by molar-refractivity contribution is 5.89. The molecule has 2 aromatic heterocycles. The van der Waals surface area contributed by atoms with Gasteiger partial charge in [-0.2, -0.15) is 5.21 Å². The molecule has 8 heteroatoms. The van der Waals surface area contributed by atoms with Crippen LogP contribution in [0.4, 0.5) is 0 Å². The molecule has 0 aliphatic carbocycles. The first kappa shape index (κ1) is 24.1. The number of unbranched alkanes of at least 4 members (excludes halogenated alkanes) is 1. The summed E-state index contributed by atoms with van der Waals surface area (Å²) < 4.78 is 7.04. The standard InChI is InChI=1S/C27H29N5O3/c1-4-5-8-22-15-21(27(34)35-18(2)3)16-25(33)32(22)17-19-11-13-20(14-12-19)23-9-6-7-10-24(23)26-28-30-31-29-26/h6-7,9-16,18H,4-5,8,17H2,1-3H3,(H,28,29,30,31). The molecule has 0 unspecified atom stereocenters. The Morgan fingerprint density at radius 2 is 1.80 bits per heavy atom. The predicted molar refractivity (Wildman–Crippen MR) is 134 cm³/mol. The van der Waals surface area contributed by atoms with E-state index in [2.05, 4.69) is 27.5 Å². The van der Waals surface area contributed by atoms with Crippen molar-refractivity contribution in [1.29, 1.82) is 0 Å². The van der Waals surface area contributed by atoms with Gasteiger partial charge in [-0.05, 0) is 54.7 Å². The molecule has 180 valence electrons. The maximum atomic E-state index is 13.0. The molecule has 4 rings (SSSR count). The highest BCUT2D eigenvalue weighted by Crippen LogP contribution is 2.29. The largest absolute Gasteiger partial charge is 0.459 e. The van der Waals surface area contributed by atoms with Crippen molar-refractivity contribution < 1.29 is 9.53 Å². The molecule has 35 heavy (non-hydrogen) atoms. The van der Waals surface area contributed by atoms with Crippen LogP contribution in [0.5, 0.6) is 0 Å². The number of hydrogen-bond acceptors (Lipinski definition) is 6. The first-order chi connectivity index (χ1) is 17.0. The van der Waals surface area contributed by atoms with Crippen molar-refractivity contribution in [2.24, 2.45) is 0 Å². The van der Waals surface area contributed by atoms with Crippen LogP contribution in [0.15, 0.2) is 65.5 Å². The van der Waals surface area contributed by atoms with E-state index in [1.54, 1.807) is 24.5 Å². The minimum atomic E-state index is -0.466. The topological polar surface area (TPSA) is 103 Å². The predicted octanol–water partition coefficient (Wildman–Crippen LogP) is 4.65. The van der Waals surface area contributed by atoms with Crippen molar-refractivity contribution in [3.8, 4) is 22.5 Å². The second-order valence-corrected chi connectivity index (χ2v) is 8.70. The molecule has 2 heterocycles.